The van der Waals surface area contributed by atoms with Crippen LogP contribution in [0, 0.1) is 6.92 Å². The van der Waals surface area contributed by atoms with Crippen LogP contribution in [0.5, 0.6) is 0 Å². The molecule has 5 nitrogen and oxygen atoms in total. The van der Waals surface area contributed by atoms with Gasteiger partial charge >= 0.3 is 6.18 Å². The van der Waals surface area contributed by atoms with Crippen molar-refractivity contribution in [2.75, 3.05) is 13.1 Å². The minimum Gasteiger partial charge on any atom is -0.379 e. The van der Waals surface area contributed by atoms with E-state index in [1.54, 1.807) is 13.8 Å². The Kier molecular flexibility index (Phi) is 3.53. The fourth-order valence-electron chi connectivity index (χ4n) is 2.32. The molecule has 1 aliphatic rings. The van der Waals surface area contributed by atoms with Gasteiger partial charge in [0, 0.05) is 19.5 Å². The van der Waals surface area contributed by atoms with Gasteiger partial charge in [-0.15, -0.1) is 0 Å². The monoisotopic (exact) mass is 291 g/mol. The maximum atomic E-state index is 12.7. The molecule has 1 fully saturated rings. The minimum atomic E-state index is -4.73. The fraction of sp³-hybridized carbons (Fsp3) is 0.667. The molecule has 1 aliphatic heterocycles. The second-order valence-electron chi connectivity index (χ2n) is 4.99. The van der Waals surface area contributed by atoms with Crippen LogP contribution in [-0.2, 0) is 6.54 Å². The highest BCUT2D eigenvalue weighted by Crippen LogP contribution is 2.37. The molecule has 0 spiro atoms. The van der Waals surface area contributed by atoms with Crippen LogP contribution in [-0.4, -0.2) is 50.6 Å². The SMILES string of the molecule is CCn1nc(C)cc1C(=O)N1CCC(O)(C(F)(F)F)C1. The Bertz CT molecular complexity index is 527. The lowest BCUT2D eigenvalue weighted by molar-refractivity contribution is -0.253. The average molecular weight is 291 g/mol. The fourth-order valence-corrected chi connectivity index (χ4v) is 2.32. The van der Waals surface area contributed by atoms with Gasteiger partial charge in [-0.1, -0.05) is 0 Å². The Morgan fingerprint density at radius 3 is 2.70 bits per heavy atom. The zero-order chi connectivity index (χ0) is 15.1. The van der Waals surface area contributed by atoms with E-state index in [9.17, 15) is 23.1 Å². The third-order valence-corrected chi connectivity index (χ3v) is 3.48. The summed E-state index contributed by atoms with van der Waals surface area (Å²) in [4.78, 5) is 13.3. The first-order valence-electron chi connectivity index (χ1n) is 6.31. The summed E-state index contributed by atoms with van der Waals surface area (Å²) in [5.41, 5.74) is -1.94. The number of hydrogen-bond acceptors (Lipinski definition) is 3. The Morgan fingerprint density at radius 1 is 1.55 bits per heavy atom. The smallest absolute Gasteiger partial charge is 0.379 e. The van der Waals surface area contributed by atoms with Crippen molar-refractivity contribution in [3.63, 3.8) is 0 Å². The number of aliphatic hydroxyl groups is 1. The molecular weight excluding hydrogens is 275 g/mol. The molecular formula is C12H16F3N3O2. The molecule has 0 bridgehead atoms. The molecule has 0 aromatic carbocycles. The molecule has 8 heteroatoms. The summed E-state index contributed by atoms with van der Waals surface area (Å²) in [6.07, 6.45) is -5.23. The lowest BCUT2D eigenvalue weighted by atomic mass is 10.0. The molecule has 0 aliphatic carbocycles. The van der Waals surface area contributed by atoms with Gasteiger partial charge in [-0.05, 0) is 19.9 Å². The van der Waals surface area contributed by atoms with Crippen LogP contribution in [0.25, 0.3) is 0 Å². The van der Waals surface area contributed by atoms with Crippen LogP contribution < -0.4 is 0 Å². The van der Waals surface area contributed by atoms with Crippen molar-refractivity contribution in [3.05, 3.63) is 17.5 Å². The van der Waals surface area contributed by atoms with Gasteiger partial charge in [-0.3, -0.25) is 9.48 Å². The van der Waals surface area contributed by atoms with Crippen LogP contribution in [0.1, 0.15) is 29.5 Å². The molecule has 1 aromatic rings. The maximum absolute atomic E-state index is 12.7. The van der Waals surface area contributed by atoms with E-state index in [1.807, 2.05) is 0 Å². The van der Waals surface area contributed by atoms with E-state index in [0.29, 0.717) is 12.2 Å². The van der Waals surface area contributed by atoms with Crippen molar-refractivity contribution in [2.45, 2.75) is 38.6 Å². The number of nitrogens with zero attached hydrogens (tertiary/aromatic N) is 3. The van der Waals surface area contributed by atoms with Crippen LogP contribution in [0.3, 0.4) is 0 Å². The predicted octanol–water partition coefficient (Wildman–Crippen LogP) is 1.35. The van der Waals surface area contributed by atoms with Crippen LogP contribution in [0.2, 0.25) is 0 Å². The van der Waals surface area contributed by atoms with Crippen molar-refractivity contribution in [2.24, 2.45) is 0 Å². The number of alkyl halides is 3. The zero-order valence-electron chi connectivity index (χ0n) is 11.2. The van der Waals surface area contributed by atoms with E-state index >= 15 is 0 Å². The van der Waals surface area contributed by atoms with Crippen molar-refractivity contribution < 1.29 is 23.1 Å². The van der Waals surface area contributed by atoms with Crippen LogP contribution in [0.4, 0.5) is 13.2 Å². The molecule has 1 amide bonds. The van der Waals surface area contributed by atoms with E-state index in [1.165, 1.54) is 10.7 Å². The number of rotatable bonds is 2. The number of halogens is 3. The number of β-amino-alcohol motifs (C(OH)–C–C–N with tert-alkyl or cyclic N) is 1. The molecule has 1 atom stereocenters. The molecule has 2 heterocycles. The summed E-state index contributed by atoms with van der Waals surface area (Å²) in [6, 6.07) is 1.54. The first-order chi connectivity index (χ1) is 9.18. The van der Waals surface area contributed by atoms with Crippen LogP contribution >= 0.6 is 0 Å². The van der Waals surface area contributed by atoms with Gasteiger partial charge in [-0.25, -0.2) is 0 Å². The first kappa shape index (κ1) is 14.8. The third-order valence-electron chi connectivity index (χ3n) is 3.48. The van der Waals surface area contributed by atoms with Gasteiger partial charge in [0.25, 0.3) is 5.91 Å². The summed E-state index contributed by atoms with van der Waals surface area (Å²) in [6.45, 7) is 3.09. The number of carbonyl (C=O) groups is 1. The quantitative estimate of drug-likeness (QED) is 0.895. The maximum Gasteiger partial charge on any atom is 0.419 e. The molecule has 1 saturated heterocycles. The second-order valence-corrected chi connectivity index (χ2v) is 4.99. The largest absolute Gasteiger partial charge is 0.419 e. The van der Waals surface area contributed by atoms with Crippen LogP contribution in [0.15, 0.2) is 6.07 Å². The number of hydrogen-bond donors (Lipinski definition) is 1. The summed E-state index contributed by atoms with van der Waals surface area (Å²) < 4.78 is 39.6. The highest BCUT2D eigenvalue weighted by Gasteiger charge is 2.57. The summed E-state index contributed by atoms with van der Waals surface area (Å²) in [5.74, 6) is -0.535. The van der Waals surface area contributed by atoms with Crippen molar-refractivity contribution >= 4 is 5.91 Å². The van der Waals surface area contributed by atoms with Crippen molar-refractivity contribution in [1.82, 2.24) is 14.7 Å². The molecule has 2 rings (SSSR count). The lowest BCUT2D eigenvalue weighted by Gasteiger charge is -2.25. The van der Waals surface area contributed by atoms with E-state index in [-0.39, 0.29) is 12.2 Å². The van der Waals surface area contributed by atoms with E-state index < -0.39 is 30.7 Å². The van der Waals surface area contributed by atoms with Crippen molar-refractivity contribution in [3.8, 4) is 0 Å². The number of likely N-dealkylation sites (tertiary alicyclic amines) is 1. The van der Waals surface area contributed by atoms with Gasteiger partial charge in [0.2, 0.25) is 0 Å². The average Bonchev–Trinajstić information content (AvgIpc) is 2.92. The van der Waals surface area contributed by atoms with Gasteiger partial charge in [0.05, 0.1) is 12.2 Å². The Balaban J connectivity index is 2.20. The van der Waals surface area contributed by atoms with E-state index in [0.717, 1.165) is 4.90 Å². The summed E-state index contributed by atoms with van der Waals surface area (Å²) >= 11 is 0. The number of aryl methyl sites for hydroxylation is 2. The van der Waals surface area contributed by atoms with E-state index in [2.05, 4.69) is 5.10 Å². The predicted molar refractivity (Wildman–Crippen MR) is 64.2 cm³/mol. The third kappa shape index (κ3) is 2.39. The van der Waals surface area contributed by atoms with Gasteiger partial charge < -0.3 is 10.0 Å². The highest BCUT2D eigenvalue weighted by molar-refractivity contribution is 5.93. The van der Waals surface area contributed by atoms with Gasteiger partial charge in [0.1, 0.15) is 5.69 Å². The molecule has 1 N–H and O–H groups in total. The summed E-state index contributed by atoms with van der Waals surface area (Å²) in [7, 11) is 0. The second kappa shape index (κ2) is 4.76. The van der Waals surface area contributed by atoms with Gasteiger partial charge in [-0.2, -0.15) is 18.3 Å². The Labute approximate surface area is 114 Å². The molecule has 1 unspecified atom stereocenters. The molecule has 1 aromatic heterocycles. The molecule has 112 valence electrons. The lowest BCUT2D eigenvalue weighted by Crippen LogP contribution is -2.48. The number of carbonyl (C=O) groups excluding carboxylic acids is 1. The molecule has 20 heavy (non-hydrogen) atoms. The molecule has 0 radical (unpaired) electrons. The Morgan fingerprint density at radius 2 is 2.20 bits per heavy atom. The van der Waals surface area contributed by atoms with E-state index in [4.69, 9.17) is 0 Å². The summed E-state index contributed by atoms with van der Waals surface area (Å²) in [5, 5.41) is 13.7. The standard InChI is InChI=1S/C12H16F3N3O2/c1-3-18-9(6-8(2)16-18)10(19)17-5-4-11(20,7-17)12(13,14)15/h6,20H,3-5,7H2,1-2H3. The Hall–Kier alpha value is -1.57. The minimum absolute atomic E-state index is 0.122. The van der Waals surface area contributed by atoms with Gasteiger partial charge in [0.15, 0.2) is 5.60 Å². The first-order valence-corrected chi connectivity index (χ1v) is 6.31. The number of amides is 1. The van der Waals surface area contributed by atoms with Crippen molar-refractivity contribution in [1.29, 1.82) is 0 Å². The topological polar surface area (TPSA) is 58.4 Å². The molecule has 0 saturated carbocycles. The highest BCUT2D eigenvalue weighted by atomic mass is 19.4. The zero-order valence-corrected chi connectivity index (χ0v) is 11.2. The number of aromatic nitrogens is 2. The normalized spacial score (nSPS) is 23.4.